The molecule has 2 heteroatoms. The molecule has 0 bridgehead atoms. The fourth-order valence-electron chi connectivity index (χ4n) is 1.63. The topological polar surface area (TPSA) is 26.3 Å². The number of rotatable bonds is 2. The van der Waals surface area contributed by atoms with Crippen molar-refractivity contribution in [3.63, 3.8) is 0 Å². The van der Waals surface area contributed by atoms with Gasteiger partial charge in [-0.15, -0.1) is 0 Å². The van der Waals surface area contributed by atoms with Gasteiger partial charge in [0.25, 0.3) is 0 Å². The first-order chi connectivity index (χ1) is 8.08. The summed E-state index contributed by atoms with van der Waals surface area (Å²) >= 11 is 0. The van der Waals surface area contributed by atoms with Crippen molar-refractivity contribution < 1.29 is 9.53 Å². The predicted molar refractivity (Wildman–Crippen MR) is 69.1 cm³/mol. The number of fused-ring (bicyclic) bond motifs is 1. The van der Waals surface area contributed by atoms with E-state index in [0.717, 1.165) is 16.3 Å². The SMILES string of the molecule is C=C(C)C(=O)Oc1cccc2ccc(C)cc12. The lowest BCUT2D eigenvalue weighted by Gasteiger charge is -2.08. The number of esters is 1. The van der Waals surface area contributed by atoms with Crippen LogP contribution < -0.4 is 4.74 Å². The molecule has 0 N–H and O–H groups in total. The van der Waals surface area contributed by atoms with E-state index < -0.39 is 0 Å². The molecule has 0 radical (unpaired) electrons. The van der Waals surface area contributed by atoms with Crippen molar-refractivity contribution in [3.8, 4) is 5.75 Å². The first-order valence-electron chi connectivity index (χ1n) is 5.45. The number of ether oxygens (including phenoxy) is 1. The number of carbonyl (C=O) groups is 1. The first-order valence-corrected chi connectivity index (χ1v) is 5.45. The van der Waals surface area contributed by atoms with Crippen molar-refractivity contribution in [3.05, 3.63) is 54.1 Å². The Morgan fingerprint density at radius 2 is 2.00 bits per heavy atom. The van der Waals surface area contributed by atoms with Gasteiger partial charge in [-0.1, -0.05) is 36.4 Å². The van der Waals surface area contributed by atoms with Crippen molar-refractivity contribution in [2.24, 2.45) is 0 Å². The zero-order valence-corrected chi connectivity index (χ0v) is 9.99. The number of carbonyl (C=O) groups excluding carboxylic acids is 1. The van der Waals surface area contributed by atoms with E-state index in [1.54, 1.807) is 13.0 Å². The molecule has 0 fully saturated rings. The minimum Gasteiger partial charge on any atom is -0.423 e. The lowest BCUT2D eigenvalue weighted by atomic mass is 10.1. The summed E-state index contributed by atoms with van der Waals surface area (Å²) in [5.41, 5.74) is 1.53. The molecule has 0 amide bonds. The standard InChI is InChI=1S/C15H14O2/c1-10(2)15(16)17-14-6-4-5-12-8-7-11(3)9-13(12)14/h4-9H,1H2,2-3H3. The molecule has 2 aromatic carbocycles. The quantitative estimate of drug-likeness (QED) is 0.444. The van der Waals surface area contributed by atoms with Gasteiger partial charge in [-0.05, 0) is 31.4 Å². The van der Waals surface area contributed by atoms with Crippen molar-refractivity contribution in [2.75, 3.05) is 0 Å². The van der Waals surface area contributed by atoms with Crippen LogP contribution in [-0.2, 0) is 4.79 Å². The van der Waals surface area contributed by atoms with Gasteiger partial charge in [0, 0.05) is 11.0 Å². The van der Waals surface area contributed by atoms with Gasteiger partial charge in [0.1, 0.15) is 5.75 Å². The Morgan fingerprint density at radius 1 is 1.24 bits per heavy atom. The van der Waals surface area contributed by atoms with Crippen LogP contribution in [0.2, 0.25) is 0 Å². The van der Waals surface area contributed by atoms with Gasteiger partial charge in [-0.25, -0.2) is 4.79 Å². The average Bonchev–Trinajstić information content (AvgIpc) is 2.29. The molecular weight excluding hydrogens is 212 g/mol. The second-order valence-electron chi connectivity index (χ2n) is 4.15. The third-order valence-corrected chi connectivity index (χ3v) is 2.55. The number of hydrogen-bond donors (Lipinski definition) is 0. The maximum Gasteiger partial charge on any atom is 0.338 e. The highest BCUT2D eigenvalue weighted by Crippen LogP contribution is 2.26. The molecule has 0 spiro atoms. The normalized spacial score (nSPS) is 10.2. The lowest BCUT2D eigenvalue weighted by molar-refractivity contribution is -0.129. The highest BCUT2D eigenvalue weighted by Gasteiger charge is 2.08. The Morgan fingerprint density at radius 3 is 2.71 bits per heavy atom. The lowest BCUT2D eigenvalue weighted by Crippen LogP contribution is -2.08. The first kappa shape index (κ1) is 11.4. The summed E-state index contributed by atoms with van der Waals surface area (Å²) in [4.78, 5) is 11.5. The van der Waals surface area contributed by atoms with E-state index in [1.165, 1.54) is 0 Å². The van der Waals surface area contributed by atoms with Crippen LogP contribution >= 0.6 is 0 Å². The van der Waals surface area contributed by atoms with E-state index in [9.17, 15) is 4.79 Å². The highest BCUT2D eigenvalue weighted by atomic mass is 16.5. The smallest absolute Gasteiger partial charge is 0.338 e. The summed E-state index contributed by atoms with van der Waals surface area (Å²) in [5, 5.41) is 2.00. The van der Waals surface area contributed by atoms with Gasteiger partial charge in [0.2, 0.25) is 0 Å². The third kappa shape index (κ3) is 2.36. The van der Waals surface area contributed by atoms with Gasteiger partial charge in [0.05, 0.1) is 0 Å². The Kier molecular flexibility index (Phi) is 2.96. The van der Waals surface area contributed by atoms with Crippen LogP contribution in [0.3, 0.4) is 0 Å². The molecule has 17 heavy (non-hydrogen) atoms. The van der Waals surface area contributed by atoms with Crippen LogP contribution in [0, 0.1) is 6.92 Å². The van der Waals surface area contributed by atoms with Gasteiger partial charge >= 0.3 is 5.97 Å². The number of hydrogen-bond acceptors (Lipinski definition) is 2. The average molecular weight is 226 g/mol. The molecule has 0 aliphatic rings. The molecule has 0 aliphatic carbocycles. The molecule has 2 aromatic rings. The van der Waals surface area contributed by atoms with Crippen LogP contribution in [0.15, 0.2) is 48.6 Å². The van der Waals surface area contributed by atoms with E-state index >= 15 is 0 Å². The Bertz CT molecular complexity index is 597. The summed E-state index contributed by atoms with van der Waals surface area (Å²) in [7, 11) is 0. The molecular formula is C15H14O2. The van der Waals surface area contributed by atoms with Crippen LogP contribution in [0.1, 0.15) is 12.5 Å². The Hall–Kier alpha value is -2.09. The minimum absolute atomic E-state index is 0.390. The zero-order valence-electron chi connectivity index (χ0n) is 9.99. The maximum atomic E-state index is 11.5. The zero-order chi connectivity index (χ0) is 12.4. The highest BCUT2D eigenvalue weighted by molar-refractivity contribution is 5.94. The van der Waals surface area contributed by atoms with Crippen LogP contribution in [0.5, 0.6) is 5.75 Å². The summed E-state index contributed by atoms with van der Waals surface area (Å²) in [6.07, 6.45) is 0. The van der Waals surface area contributed by atoms with Crippen molar-refractivity contribution in [1.29, 1.82) is 0 Å². The molecule has 2 nitrogen and oxygen atoms in total. The predicted octanol–water partition coefficient (Wildman–Crippen LogP) is 3.63. The van der Waals surface area contributed by atoms with Gasteiger partial charge in [-0.3, -0.25) is 0 Å². The fraction of sp³-hybridized carbons (Fsp3) is 0.133. The largest absolute Gasteiger partial charge is 0.423 e. The summed E-state index contributed by atoms with van der Waals surface area (Å²) in [6.45, 7) is 7.22. The van der Waals surface area contributed by atoms with Crippen molar-refractivity contribution >= 4 is 16.7 Å². The fourth-order valence-corrected chi connectivity index (χ4v) is 1.63. The molecule has 0 aromatic heterocycles. The summed E-state index contributed by atoms with van der Waals surface area (Å²) in [5.74, 6) is 0.193. The van der Waals surface area contributed by atoms with Gasteiger partial charge in [-0.2, -0.15) is 0 Å². The molecule has 2 rings (SSSR count). The monoisotopic (exact) mass is 226 g/mol. The third-order valence-electron chi connectivity index (χ3n) is 2.55. The van der Waals surface area contributed by atoms with E-state index in [-0.39, 0.29) is 5.97 Å². The second kappa shape index (κ2) is 4.42. The molecule has 0 heterocycles. The van der Waals surface area contributed by atoms with Crippen molar-refractivity contribution in [2.45, 2.75) is 13.8 Å². The molecule has 0 aliphatic heterocycles. The molecule has 0 unspecified atom stereocenters. The van der Waals surface area contributed by atoms with E-state index in [4.69, 9.17) is 4.74 Å². The van der Waals surface area contributed by atoms with Crippen LogP contribution in [0.25, 0.3) is 10.8 Å². The summed E-state index contributed by atoms with van der Waals surface area (Å²) in [6, 6.07) is 11.7. The number of aryl methyl sites for hydroxylation is 1. The van der Waals surface area contributed by atoms with Crippen LogP contribution in [-0.4, -0.2) is 5.97 Å². The molecule has 0 saturated carbocycles. The Labute approximate surface area is 101 Å². The Balaban J connectivity index is 2.50. The van der Waals surface area contributed by atoms with E-state index in [1.807, 2.05) is 37.3 Å². The van der Waals surface area contributed by atoms with Crippen molar-refractivity contribution in [1.82, 2.24) is 0 Å². The maximum absolute atomic E-state index is 11.5. The van der Waals surface area contributed by atoms with E-state index in [2.05, 4.69) is 6.58 Å². The van der Waals surface area contributed by atoms with E-state index in [0.29, 0.717) is 11.3 Å². The molecule has 0 atom stereocenters. The molecule has 86 valence electrons. The number of benzene rings is 2. The minimum atomic E-state index is -0.390. The van der Waals surface area contributed by atoms with Crippen LogP contribution in [0.4, 0.5) is 0 Å². The van der Waals surface area contributed by atoms with Gasteiger partial charge < -0.3 is 4.74 Å². The summed E-state index contributed by atoms with van der Waals surface area (Å²) < 4.78 is 5.31. The second-order valence-corrected chi connectivity index (χ2v) is 4.15. The molecule has 0 saturated heterocycles. The van der Waals surface area contributed by atoms with Gasteiger partial charge in [0.15, 0.2) is 0 Å².